The Kier molecular flexibility index (Phi) is 2.32. The van der Waals surface area contributed by atoms with Crippen molar-refractivity contribution in [1.82, 2.24) is 9.78 Å². The van der Waals surface area contributed by atoms with E-state index < -0.39 is 17.7 Å². The normalized spacial score (nSPS) is 12.2. The molecule has 12 heavy (non-hydrogen) atoms. The van der Waals surface area contributed by atoms with Crippen molar-refractivity contribution in [2.24, 2.45) is 7.05 Å². The first kappa shape index (κ1) is 9.75. The van der Waals surface area contributed by atoms with Crippen LogP contribution in [-0.4, -0.2) is 9.78 Å². The smallest absolute Gasteiger partial charge is 0.260 e. The first-order valence-electron chi connectivity index (χ1n) is 2.79. The minimum Gasteiger partial charge on any atom is -0.260 e. The lowest BCUT2D eigenvalue weighted by atomic mass is 10.4. The van der Waals surface area contributed by atoms with Crippen molar-refractivity contribution in [2.75, 3.05) is 0 Å². The second-order valence-electron chi connectivity index (χ2n) is 2.07. The fourth-order valence-electron chi connectivity index (χ4n) is 0.773. The summed E-state index contributed by atoms with van der Waals surface area (Å²) >= 11 is 1.40. The molecule has 7 heteroatoms. The molecular formula is C5H3F4IN2. The summed E-state index contributed by atoms with van der Waals surface area (Å²) in [6.07, 6.45) is -4.69. The van der Waals surface area contributed by atoms with Crippen molar-refractivity contribution in [1.29, 1.82) is 0 Å². The summed E-state index contributed by atoms with van der Waals surface area (Å²) in [5.74, 6) is -1.31. The molecule has 1 rings (SSSR count). The molecule has 0 radical (unpaired) electrons. The summed E-state index contributed by atoms with van der Waals surface area (Å²) in [6.45, 7) is 0. The van der Waals surface area contributed by atoms with Gasteiger partial charge in [0, 0.05) is 7.05 Å². The van der Waals surface area contributed by atoms with Gasteiger partial charge in [0.25, 0.3) is 0 Å². The third-order valence-corrected chi connectivity index (χ3v) is 1.91. The number of alkyl halides is 3. The SMILES string of the molecule is Cn1nc(I)c(F)c1C(F)(F)F. The van der Waals surface area contributed by atoms with Gasteiger partial charge in [0.1, 0.15) is 0 Å². The lowest BCUT2D eigenvalue weighted by molar-refractivity contribution is -0.146. The summed E-state index contributed by atoms with van der Waals surface area (Å²) < 4.78 is 49.0. The van der Waals surface area contributed by atoms with Gasteiger partial charge in [0.15, 0.2) is 15.2 Å². The average Bonchev–Trinajstić information content (AvgIpc) is 2.05. The monoisotopic (exact) mass is 294 g/mol. The lowest BCUT2D eigenvalue weighted by Crippen LogP contribution is -2.13. The number of nitrogens with zero attached hydrogens (tertiary/aromatic N) is 2. The molecule has 0 aliphatic heterocycles. The summed E-state index contributed by atoms with van der Waals surface area (Å²) in [4.78, 5) is 0. The highest BCUT2D eigenvalue weighted by atomic mass is 127. The van der Waals surface area contributed by atoms with Crippen molar-refractivity contribution in [3.63, 3.8) is 0 Å². The van der Waals surface area contributed by atoms with Crippen molar-refractivity contribution < 1.29 is 17.6 Å². The highest BCUT2D eigenvalue weighted by Gasteiger charge is 2.39. The van der Waals surface area contributed by atoms with Gasteiger partial charge >= 0.3 is 6.18 Å². The van der Waals surface area contributed by atoms with E-state index in [-0.39, 0.29) is 3.70 Å². The van der Waals surface area contributed by atoms with Gasteiger partial charge < -0.3 is 0 Å². The van der Waals surface area contributed by atoms with Crippen molar-refractivity contribution in [2.45, 2.75) is 6.18 Å². The lowest BCUT2D eigenvalue weighted by Gasteiger charge is -2.05. The first-order chi connectivity index (χ1) is 5.34. The highest BCUT2D eigenvalue weighted by molar-refractivity contribution is 14.1. The van der Waals surface area contributed by atoms with E-state index in [4.69, 9.17) is 0 Å². The molecule has 0 saturated heterocycles. The fourth-order valence-corrected chi connectivity index (χ4v) is 1.35. The average molecular weight is 294 g/mol. The molecule has 1 aromatic rings. The number of aryl methyl sites for hydroxylation is 1. The first-order valence-corrected chi connectivity index (χ1v) is 3.87. The Morgan fingerprint density at radius 3 is 2.08 bits per heavy atom. The molecule has 0 spiro atoms. The minimum atomic E-state index is -4.69. The van der Waals surface area contributed by atoms with Gasteiger partial charge in [0.05, 0.1) is 0 Å². The second kappa shape index (κ2) is 2.86. The van der Waals surface area contributed by atoms with Gasteiger partial charge in [-0.1, -0.05) is 0 Å². The summed E-state index contributed by atoms with van der Waals surface area (Å²) in [5.41, 5.74) is -1.34. The fraction of sp³-hybridized carbons (Fsp3) is 0.400. The number of aromatic nitrogens is 2. The molecule has 68 valence electrons. The second-order valence-corrected chi connectivity index (χ2v) is 3.10. The Morgan fingerprint density at radius 2 is 1.92 bits per heavy atom. The van der Waals surface area contributed by atoms with E-state index in [2.05, 4.69) is 5.10 Å². The van der Waals surface area contributed by atoms with Gasteiger partial charge in [-0.15, -0.1) is 0 Å². The van der Waals surface area contributed by atoms with Crippen LogP contribution in [0.3, 0.4) is 0 Å². The van der Waals surface area contributed by atoms with E-state index >= 15 is 0 Å². The van der Waals surface area contributed by atoms with Crippen LogP contribution in [0.2, 0.25) is 0 Å². The summed E-state index contributed by atoms with van der Waals surface area (Å²) in [7, 11) is 1.05. The van der Waals surface area contributed by atoms with Crippen LogP contribution >= 0.6 is 22.6 Å². The van der Waals surface area contributed by atoms with E-state index in [1.807, 2.05) is 0 Å². The maximum Gasteiger partial charge on any atom is 0.436 e. The molecule has 0 fully saturated rings. The summed E-state index contributed by atoms with van der Waals surface area (Å²) in [5, 5.41) is 3.29. The molecule has 1 heterocycles. The zero-order chi connectivity index (χ0) is 9.52. The number of hydrogen-bond donors (Lipinski definition) is 0. The summed E-state index contributed by atoms with van der Waals surface area (Å²) in [6, 6.07) is 0. The topological polar surface area (TPSA) is 17.8 Å². The van der Waals surface area contributed by atoms with Crippen molar-refractivity contribution in [3.05, 3.63) is 15.2 Å². The highest BCUT2D eigenvalue weighted by Crippen LogP contribution is 2.32. The van der Waals surface area contributed by atoms with Crippen molar-refractivity contribution >= 4 is 22.6 Å². The molecule has 0 saturated carbocycles. The molecule has 0 atom stereocenters. The predicted molar refractivity (Wildman–Crippen MR) is 40.9 cm³/mol. The van der Waals surface area contributed by atoms with Crippen LogP contribution in [-0.2, 0) is 13.2 Å². The van der Waals surface area contributed by atoms with E-state index in [1.54, 1.807) is 0 Å². The number of hydrogen-bond acceptors (Lipinski definition) is 1. The van der Waals surface area contributed by atoms with Crippen LogP contribution in [0.4, 0.5) is 17.6 Å². The Bertz CT molecular complexity index is 303. The number of rotatable bonds is 0. The Morgan fingerprint density at radius 1 is 1.42 bits per heavy atom. The van der Waals surface area contributed by atoms with Crippen LogP contribution in [0.25, 0.3) is 0 Å². The third kappa shape index (κ3) is 1.54. The van der Waals surface area contributed by atoms with Gasteiger partial charge in [-0.2, -0.15) is 18.3 Å². The van der Waals surface area contributed by atoms with Crippen LogP contribution in [0, 0.1) is 9.52 Å². The predicted octanol–water partition coefficient (Wildman–Crippen LogP) is 2.18. The number of halogens is 5. The van der Waals surface area contributed by atoms with E-state index in [0.717, 1.165) is 7.05 Å². The molecule has 0 amide bonds. The zero-order valence-electron chi connectivity index (χ0n) is 5.78. The maximum atomic E-state index is 12.7. The minimum absolute atomic E-state index is 0.276. The molecule has 0 unspecified atom stereocenters. The quantitative estimate of drug-likeness (QED) is 0.530. The Labute approximate surface area is 78.7 Å². The van der Waals surface area contributed by atoms with Crippen molar-refractivity contribution in [3.8, 4) is 0 Å². The molecule has 0 bridgehead atoms. The van der Waals surface area contributed by atoms with Crippen LogP contribution in [0.5, 0.6) is 0 Å². The van der Waals surface area contributed by atoms with Gasteiger partial charge in [0.2, 0.25) is 0 Å². The molecule has 2 nitrogen and oxygen atoms in total. The molecule has 1 aromatic heterocycles. The molecule has 0 aromatic carbocycles. The Hall–Kier alpha value is -0.340. The van der Waals surface area contributed by atoms with Gasteiger partial charge in [-0.05, 0) is 22.6 Å². The molecule has 0 aliphatic carbocycles. The van der Waals surface area contributed by atoms with Gasteiger partial charge in [-0.25, -0.2) is 4.39 Å². The Balaban J connectivity index is 3.32. The maximum absolute atomic E-state index is 12.7. The standard InChI is InChI=1S/C5H3F4IN2/c1-12-3(5(7,8)9)2(6)4(10)11-12/h1H3. The van der Waals surface area contributed by atoms with E-state index in [0.29, 0.717) is 4.68 Å². The third-order valence-electron chi connectivity index (χ3n) is 1.22. The zero-order valence-corrected chi connectivity index (χ0v) is 7.94. The van der Waals surface area contributed by atoms with E-state index in [9.17, 15) is 17.6 Å². The van der Waals surface area contributed by atoms with E-state index in [1.165, 1.54) is 22.6 Å². The molecule has 0 aliphatic rings. The molecular weight excluding hydrogens is 291 g/mol. The van der Waals surface area contributed by atoms with Crippen LogP contribution in [0.15, 0.2) is 0 Å². The van der Waals surface area contributed by atoms with Crippen LogP contribution < -0.4 is 0 Å². The van der Waals surface area contributed by atoms with Crippen LogP contribution in [0.1, 0.15) is 5.69 Å². The largest absolute Gasteiger partial charge is 0.436 e. The van der Waals surface area contributed by atoms with Gasteiger partial charge in [-0.3, -0.25) is 4.68 Å². The molecule has 0 N–H and O–H groups in total.